The molecule has 45 heteroatoms. The molecule has 0 bridgehead atoms. The van der Waals surface area contributed by atoms with Crippen molar-refractivity contribution in [1.82, 2.24) is 47.8 Å². The monoisotopic (exact) mass is 1490 g/mol. The first-order chi connectivity index (χ1) is 44.7. The van der Waals surface area contributed by atoms with E-state index in [4.69, 9.17) is 132 Å². The van der Waals surface area contributed by atoms with Crippen LogP contribution in [-0.4, -0.2) is 242 Å². The number of alkyl halides is 9. The zero-order valence-corrected chi connectivity index (χ0v) is 53.6. The first kappa shape index (κ1) is 78.2. The van der Waals surface area contributed by atoms with Gasteiger partial charge in [-0.1, -0.05) is 0 Å². The Labute approximate surface area is 564 Å². The number of H-pyrrole nitrogens is 2. The van der Waals surface area contributed by atoms with Crippen LogP contribution in [-0.2, 0) is 23.7 Å². The summed E-state index contributed by atoms with van der Waals surface area (Å²) in [6.45, 7) is -5.67. The van der Waals surface area contributed by atoms with Crippen LogP contribution in [0, 0.1) is 11.3 Å². The molecule has 5 aromatic heterocycles. The molecule has 526 valence electrons. The first-order valence-electron chi connectivity index (χ1n) is 27.1. The largest absolute Gasteiger partial charge is 0.393 e. The van der Waals surface area contributed by atoms with E-state index in [2.05, 4.69) is 19.9 Å². The number of ether oxygens (including phenoxy) is 5. The van der Waals surface area contributed by atoms with E-state index in [1.54, 1.807) is 6.07 Å². The van der Waals surface area contributed by atoms with E-state index in [0.29, 0.717) is 0 Å². The molecule has 0 amide bonds. The Kier molecular flexibility index (Phi) is 26.5. The van der Waals surface area contributed by atoms with Crippen LogP contribution in [0.5, 0.6) is 0 Å². The van der Waals surface area contributed by atoms with Gasteiger partial charge in [0.05, 0.1) is 44.8 Å². The zero-order valence-electron chi connectivity index (χ0n) is 48.3. The molecule has 18 N–H and O–H groups in total. The number of aromatic nitrogens is 10. The molecule has 0 aliphatic carbocycles. The Balaban J connectivity index is 0.000000188. The van der Waals surface area contributed by atoms with Gasteiger partial charge in [0.25, 0.3) is 11.1 Å². The third kappa shape index (κ3) is 15.7. The summed E-state index contributed by atoms with van der Waals surface area (Å²) < 4.78 is 57.7. The molecule has 10 heterocycles. The van der Waals surface area contributed by atoms with Crippen LogP contribution in [0.4, 0.5) is 26.2 Å². The lowest BCUT2D eigenvalue weighted by molar-refractivity contribution is -0.137. The molecule has 36 nitrogen and oxygen atoms in total. The number of aliphatic hydroxyl groups excluding tert-OH is 10. The number of anilines is 3. The SMILES string of the molecule is N#C[C@]1(CO)O[C@@H](n2ccc(N)nc2=O)[C@H](Cl)[C@@H]1O.Nc1ccn([C@@H]2O[C@@](CO)(CCl)[C@@H](O)[C@H]2Cl)c(=O)n1.Nc1ccn([C@@H]2O[C@@](CO)(CF)[C@@H](O)[C@H]2Cl)c(=O)n1.O=c1ccn([C@@H]2O[C@@](CO)(CCl)[C@@H](O)[C@H]2Cl)c(=O)[nH]1.O=c1ccn([C@@H]2O[C@@](CO)(CF)[C@@H](O)[C@H]2Cl)c(=O)[nH]1. The number of hydrogen-bond donors (Lipinski definition) is 15. The molecule has 5 aromatic rings. The predicted molar refractivity (Wildman–Crippen MR) is 328 cm³/mol. The van der Waals surface area contributed by atoms with Crippen LogP contribution < -0.4 is 56.8 Å². The van der Waals surface area contributed by atoms with E-state index in [1.807, 2.05) is 4.98 Å². The fourth-order valence-corrected chi connectivity index (χ4v) is 12.2. The maximum atomic E-state index is 13.0. The Hall–Kier alpha value is -5.82. The van der Waals surface area contributed by atoms with Gasteiger partial charge in [-0.15, -0.1) is 81.2 Å². The van der Waals surface area contributed by atoms with Crippen molar-refractivity contribution < 1.29 is 83.5 Å². The van der Waals surface area contributed by atoms with Gasteiger partial charge in [-0.25, -0.2) is 32.8 Å². The van der Waals surface area contributed by atoms with Crippen LogP contribution in [0.15, 0.2) is 94.9 Å². The number of halogens is 9. The molecule has 0 spiro atoms. The van der Waals surface area contributed by atoms with Crippen molar-refractivity contribution in [3.05, 3.63) is 134 Å². The lowest BCUT2D eigenvalue weighted by atomic mass is 9.99. The van der Waals surface area contributed by atoms with Gasteiger partial charge in [-0.05, 0) is 18.2 Å². The summed E-state index contributed by atoms with van der Waals surface area (Å²) in [5, 5.41) is 99.5. The van der Waals surface area contributed by atoms with Crippen LogP contribution in [0.25, 0.3) is 0 Å². The van der Waals surface area contributed by atoms with Crippen molar-refractivity contribution in [1.29, 1.82) is 5.26 Å². The number of nitriles is 1. The Morgan fingerprint density at radius 1 is 0.453 bits per heavy atom. The fourth-order valence-electron chi connectivity index (χ4n) is 9.61. The highest BCUT2D eigenvalue weighted by Gasteiger charge is 2.59. The molecular weight excluding hydrogens is 1430 g/mol. The maximum absolute atomic E-state index is 13.0. The first-order valence-corrected chi connectivity index (χ1v) is 30.4. The summed E-state index contributed by atoms with van der Waals surface area (Å²) in [5.41, 5.74) is 2.86. The highest BCUT2D eigenvalue weighted by Crippen LogP contribution is 2.44. The second kappa shape index (κ2) is 32.2. The van der Waals surface area contributed by atoms with Gasteiger partial charge in [0.2, 0.25) is 5.60 Å². The summed E-state index contributed by atoms with van der Waals surface area (Å²) in [7, 11) is 0. The number of rotatable bonds is 14. The molecule has 5 saturated heterocycles. The second-order valence-electron chi connectivity index (χ2n) is 21.2. The van der Waals surface area contributed by atoms with Gasteiger partial charge in [0, 0.05) is 43.1 Å². The van der Waals surface area contributed by atoms with E-state index < -0.39 is 203 Å². The standard InChI is InChI=1S/C10H13Cl2N3O4.C10H12Cl2N2O5.C10H13ClFN3O4.C10H12ClFN2O5.C10H11ClN4O4/c11-3-10(4-16)7(17)6(12)8(19-10)15-2-1-5(13)14-9(15)18;11-3-10(4-15)7(17)6(12)8(19-10)14-2-1-5(16)13-9(14)18;11-6-7(17)10(3-12,4-16)19-8(6)15-2-1-5(13)14-9(15)18;11-6-7(17)10(3-12,4-15)19-8(6)14-2-1-5(16)13-9(14)18;11-6-7(17)10(3-12,4-16)19-8(6)15-2-1-5(13)14-9(15)18/h1-2,6-8,16-17H,3-4H2,(H2,13,14,18);1-2,6-8,15,17H,3-4H2,(H,13,16,18);1-2,6-8,16-17H,3-4H2,(H2,13,14,18);1-2,6-8,15,17H,3-4H2,(H,13,16,18);1-2,6-8,16-17H,4H2,(H2,13,14,18)/t5*6-,7+,8-,10-/m11111/s1. The Bertz CT molecular complexity index is 3720. The second-order valence-corrected chi connectivity index (χ2v) is 24.3. The molecule has 95 heavy (non-hydrogen) atoms. The number of hydrogen-bond acceptors (Lipinski definition) is 29. The quantitative estimate of drug-likeness (QED) is 0.0462. The summed E-state index contributed by atoms with van der Waals surface area (Å²) in [5.74, 6) is -0.245. The van der Waals surface area contributed by atoms with Crippen molar-refractivity contribution in [3.8, 4) is 6.07 Å². The molecule has 0 unspecified atom stereocenters. The molecule has 0 saturated carbocycles. The van der Waals surface area contributed by atoms with Gasteiger partial charge >= 0.3 is 28.4 Å². The molecule has 5 aliphatic rings. The average Bonchev–Trinajstić information content (AvgIpc) is 1.66. The van der Waals surface area contributed by atoms with Gasteiger partial charge in [-0.2, -0.15) is 20.2 Å². The van der Waals surface area contributed by atoms with Gasteiger partial charge in [-0.3, -0.25) is 42.4 Å². The van der Waals surface area contributed by atoms with Crippen molar-refractivity contribution >= 4 is 98.7 Å². The fraction of sp³-hybridized carbons (Fsp3) is 0.580. The normalized spacial score (nSPS) is 34.5. The zero-order chi connectivity index (χ0) is 71.0. The Morgan fingerprint density at radius 2 is 0.716 bits per heavy atom. The van der Waals surface area contributed by atoms with Gasteiger partial charge in [0.15, 0.2) is 31.1 Å². The van der Waals surface area contributed by atoms with Crippen LogP contribution in [0.2, 0.25) is 0 Å². The molecule has 5 aliphatic heterocycles. The van der Waals surface area contributed by atoms with Crippen molar-refractivity contribution in [2.45, 2.75) is 117 Å². The predicted octanol–water partition coefficient (Wildman–Crippen LogP) is -5.37. The summed E-state index contributed by atoms with van der Waals surface area (Å²) in [6, 6.07) is 7.96. The van der Waals surface area contributed by atoms with E-state index in [0.717, 1.165) is 41.2 Å². The highest BCUT2D eigenvalue weighted by atomic mass is 35.5. The van der Waals surface area contributed by atoms with E-state index in [-0.39, 0.29) is 29.2 Å². The summed E-state index contributed by atoms with van der Waals surface area (Å²) in [4.78, 5) is 94.8. The van der Waals surface area contributed by atoms with Crippen LogP contribution >= 0.6 is 81.2 Å². The number of nitrogens with one attached hydrogen (secondary N) is 2. The molecule has 20 atom stereocenters. The van der Waals surface area contributed by atoms with E-state index in [9.17, 15) is 88.3 Å². The van der Waals surface area contributed by atoms with E-state index in [1.165, 1.54) is 43.0 Å². The number of nitrogen functional groups attached to an aromatic ring is 3. The van der Waals surface area contributed by atoms with Gasteiger partial charge in [0.1, 0.15) is 117 Å². The molecule has 0 aromatic carbocycles. The van der Waals surface area contributed by atoms with Gasteiger partial charge < -0.3 is 92.0 Å². The molecule has 5 fully saturated rings. The third-order valence-corrected chi connectivity index (χ3v) is 18.5. The lowest BCUT2D eigenvalue weighted by Crippen LogP contribution is -2.47. The molecule has 10 rings (SSSR count). The smallest absolute Gasteiger partial charge is 0.351 e. The minimum absolute atomic E-state index is 0.0184. The summed E-state index contributed by atoms with van der Waals surface area (Å²) >= 11 is 41.3. The minimum atomic E-state index is -1.87. The maximum Gasteiger partial charge on any atom is 0.351 e. The van der Waals surface area contributed by atoms with Crippen molar-refractivity contribution in [3.63, 3.8) is 0 Å². The van der Waals surface area contributed by atoms with Crippen LogP contribution in [0.3, 0.4) is 0 Å². The minimum Gasteiger partial charge on any atom is -0.393 e. The number of aromatic amines is 2. The van der Waals surface area contributed by atoms with Crippen molar-refractivity contribution in [2.75, 3.05) is 75.3 Å². The number of aliphatic hydroxyl groups is 10. The lowest BCUT2D eigenvalue weighted by Gasteiger charge is -2.27. The average molecular weight is 1500 g/mol. The van der Waals surface area contributed by atoms with Crippen molar-refractivity contribution in [2.24, 2.45) is 0 Å². The number of nitrogens with zero attached hydrogens (tertiary/aromatic N) is 9. The topological polar surface area (TPSA) is 565 Å². The highest BCUT2D eigenvalue weighted by molar-refractivity contribution is 6.23. The third-order valence-electron chi connectivity index (χ3n) is 15.3. The van der Waals surface area contributed by atoms with Crippen LogP contribution in [0.1, 0.15) is 31.1 Å². The molecular formula is C50H61Cl7F2N14O22. The summed E-state index contributed by atoms with van der Waals surface area (Å²) in [6.07, 6.45) is -6.07. The Morgan fingerprint density at radius 3 is 0.937 bits per heavy atom. The molecule has 0 radical (unpaired) electrons. The van der Waals surface area contributed by atoms with E-state index >= 15 is 0 Å². The number of nitrogens with two attached hydrogens (primary N) is 3.